The maximum atomic E-state index is 13.8. The number of hydrogen-bond donors (Lipinski definition) is 2. The molecule has 0 unspecified atom stereocenters. The molecule has 1 aromatic heterocycles. The molecule has 4 rings (SSSR count). The molecule has 0 saturated heterocycles. The Morgan fingerprint density at radius 3 is 2.73 bits per heavy atom. The molecular formula is C21H20FN3O4S. The summed E-state index contributed by atoms with van der Waals surface area (Å²) in [6, 6.07) is 11.4. The van der Waals surface area contributed by atoms with Gasteiger partial charge in [0.05, 0.1) is 27.5 Å². The monoisotopic (exact) mass is 429 g/mol. The van der Waals surface area contributed by atoms with Crippen LogP contribution in [0.1, 0.15) is 46.1 Å². The third-order valence-electron chi connectivity index (χ3n) is 4.86. The zero-order chi connectivity index (χ0) is 21.3. The van der Waals surface area contributed by atoms with E-state index in [9.17, 15) is 17.6 Å². The second-order valence-corrected chi connectivity index (χ2v) is 8.91. The average Bonchev–Trinajstić information content (AvgIpc) is 3.46. The van der Waals surface area contributed by atoms with E-state index in [0.29, 0.717) is 17.2 Å². The summed E-state index contributed by atoms with van der Waals surface area (Å²) in [6.45, 7) is 1.68. The van der Waals surface area contributed by atoms with Crippen molar-refractivity contribution in [1.29, 1.82) is 0 Å². The third kappa shape index (κ3) is 4.35. The minimum Gasteiger partial charge on any atom is -0.456 e. The predicted molar refractivity (Wildman–Crippen MR) is 108 cm³/mol. The number of benzene rings is 2. The van der Waals surface area contributed by atoms with Gasteiger partial charge in [-0.1, -0.05) is 18.2 Å². The molecule has 1 aliphatic carbocycles. The first-order valence-corrected chi connectivity index (χ1v) is 10.9. The lowest BCUT2D eigenvalue weighted by Crippen LogP contribution is -2.15. The number of para-hydroxylation sites is 1. The fraction of sp³-hybridized carbons (Fsp3) is 0.238. The van der Waals surface area contributed by atoms with Crippen LogP contribution in [0.5, 0.6) is 0 Å². The molecule has 0 radical (unpaired) electrons. The number of carbonyl (C=O) groups excluding carboxylic acids is 1. The van der Waals surface area contributed by atoms with E-state index in [1.54, 1.807) is 6.92 Å². The number of nitrogens with one attached hydrogen (secondary N) is 2. The van der Waals surface area contributed by atoms with Gasteiger partial charge in [-0.3, -0.25) is 9.82 Å². The molecule has 0 amide bonds. The average molecular weight is 429 g/mol. The van der Waals surface area contributed by atoms with Gasteiger partial charge in [-0.2, -0.15) is 5.10 Å². The summed E-state index contributed by atoms with van der Waals surface area (Å²) < 4.78 is 46.6. The largest absolute Gasteiger partial charge is 0.456 e. The van der Waals surface area contributed by atoms with Crippen molar-refractivity contribution >= 4 is 21.7 Å². The lowest BCUT2D eigenvalue weighted by atomic mass is 10.1. The summed E-state index contributed by atoms with van der Waals surface area (Å²) in [5.41, 5.74) is 2.15. The number of aromatic amines is 1. The van der Waals surface area contributed by atoms with Gasteiger partial charge in [0.2, 0.25) is 0 Å². The number of rotatable bonds is 7. The van der Waals surface area contributed by atoms with Crippen LogP contribution in [0, 0.1) is 12.7 Å². The van der Waals surface area contributed by atoms with Crippen molar-refractivity contribution in [1.82, 2.24) is 10.2 Å². The number of esters is 1. The molecule has 0 spiro atoms. The summed E-state index contributed by atoms with van der Waals surface area (Å²) in [6.07, 6.45) is 2.23. The lowest BCUT2D eigenvalue weighted by molar-refractivity contribution is 0.0466. The van der Waals surface area contributed by atoms with Gasteiger partial charge in [-0.05, 0) is 55.7 Å². The van der Waals surface area contributed by atoms with Crippen molar-refractivity contribution in [2.45, 2.75) is 37.2 Å². The first kappa shape index (κ1) is 20.1. The van der Waals surface area contributed by atoms with Gasteiger partial charge >= 0.3 is 5.97 Å². The Morgan fingerprint density at radius 1 is 1.23 bits per heavy atom. The Bertz CT molecular complexity index is 1200. The molecule has 3 aromatic rings. The molecule has 1 saturated carbocycles. The SMILES string of the molecule is Cc1ccc(S(=O)(=O)Nc2ccccc2F)cc1C(=O)OCc1cc(C2CC2)n[nH]1. The molecule has 2 N–H and O–H groups in total. The molecule has 1 aliphatic rings. The number of anilines is 1. The van der Waals surface area contributed by atoms with Gasteiger partial charge < -0.3 is 4.74 Å². The number of ether oxygens (including phenoxy) is 1. The van der Waals surface area contributed by atoms with Crippen molar-refractivity contribution < 1.29 is 22.3 Å². The van der Waals surface area contributed by atoms with Crippen LogP contribution < -0.4 is 4.72 Å². The van der Waals surface area contributed by atoms with Crippen molar-refractivity contribution in [3.05, 3.63) is 76.9 Å². The second-order valence-electron chi connectivity index (χ2n) is 7.23. The normalized spacial score (nSPS) is 13.8. The molecule has 0 bridgehead atoms. The molecule has 30 heavy (non-hydrogen) atoms. The van der Waals surface area contributed by atoms with Crippen LogP contribution in [0.3, 0.4) is 0 Å². The standard InChI is InChI=1S/C21H20FN3O4S/c1-13-6-9-16(30(27,28)25-19-5-3-2-4-18(19)22)11-17(13)21(26)29-12-15-10-20(24-23-15)14-7-8-14/h2-6,9-11,14,25H,7-8,12H2,1H3,(H,23,24). The predicted octanol–water partition coefficient (Wildman–Crippen LogP) is 3.89. The van der Waals surface area contributed by atoms with Crippen LogP contribution in [-0.2, 0) is 21.4 Å². The summed E-state index contributed by atoms with van der Waals surface area (Å²) in [4.78, 5) is 12.4. The van der Waals surface area contributed by atoms with E-state index in [2.05, 4.69) is 14.9 Å². The highest BCUT2D eigenvalue weighted by Gasteiger charge is 2.26. The zero-order valence-corrected chi connectivity index (χ0v) is 17.0. The van der Waals surface area contributed by atoms with Gasteiger partial charge in [-0.25, -0.2) is 17.6 Å². The Hall–Kier alpha value is -3.20. The molecule has 7 nitrogen and oxygen atoms in total. The Morgan fingerprint density at radius 2 is 2.00 bits per heavy atom. The minimum absolute atomic E-state index is 0.00243. The van der Waals surface area contributed by atoms with Gasteiger partial charge in [0.1, 0.15) is 12.4 Å². The van der Waals surface area contributed by atoms with E-state index in [-0.39, 0.29) is 22.8 Å². The number of aromatic nitrogens is 2. The minimum atomic E-state index is -4.09. The summed E-state index contributed by atoms with van der Waals surface area (Å²) in [7, 11) is -4.09. The highest BCUT2D eigenvalue weighted by atomic mass is 32.2. The van der Waals surface area contributed by atoms with Crippen LogP contribution in [-0.4, -0.2) is 24.6 Å². The van der Waals surface area contributed by atoms with E-state index in [1.807, 2.05) is 6.07 Å². The molecular weight excluding hydrogens is 409 g/mol. The second kappa shape index (κ2) is 7.91. The molecule has 1 heterocycles. The van der Waals surface area contributed by atoms with Crippen LogP contribution in [0.4, 0.5) is 10.1 Å². The molecule has 0 aliphatic heterocycles. The van der Waals surface area contributed by atoms with Crippen LogP contribution in [0.2, 0.25) is 0 Å². The van der Waals surface area contributed by atoms with E-state index >= 15 is 0 Å². The third-order valence-corrected chi connectivity index (χ3v) is 6.23. The van der Waals surface area contributed by atoms with Crippen LogP contribution >= 0.6 is 0 Å². The number of nitrogens with zero attached hydrogens (tertiary/aromatic N) is 1. The summed E-state index contributed by atoms with van der Waals surface area (Å²) >= 11 is 0. The highest BCUT2D eigenvalue weighted by molar-refractivity contribution is 7.92. The highest BCUT2D eigenvalue weighted by Crippen LogP contribution is 2.39. The van der Waals surface area contributed by atoms with Crippen LogP contribution in [0.15, 0.2) is 53.4 Å². The van der Waals surface area contributed by atoms with E-state index in [4.69, 9.17) is 4.74 Å². The maximum absolute atomic E-state index is 13.8. The van der Waals surface area contributed by atoms with Gasteiger partial charge in [0, 0.05) is 5.92 Å². The molecule has 9 heteroatoms. The first-order chi connectivity index (χ1) is 14.3. The van der Waals surface area contributed by atoms with E-state index in [1.165, 1.54) is 36.4 Å². The number of hydrogen-bond acceptors (Lipinski definition) is 5. The Kier molecular flexibility index (Phi) is 5.29. The van der Waals surface area contributed by atoms with Crippen molar-refractivity contribution in [2.24, 2.45) is 0 Å². The van der Waals surface area contributed by atoms with E-state index in [0.717, 1.165) is 24.6 Å². The van der Waals surface area contributed by atoms with Gasteiger partial charge in [0.15, 0.2) is 0 Å². The smallest absolute Gasteiger partial charge is 0.338 e. The van der Waals surface area contributed by atoms with Gasteiger partial charge in [0.25, 0.3) is 10.0 Å². The Balaban J connectivity index is 1.50. The van der Waals surface area contributed by atoms with Gasteiger partial charge in [-0.15, -0.1) is 0 Å². The fourth-order valence-corrected chi connectivity index (χ4v) is 4.09. The summed E-state index contributed by atoms with van der Waals surface area (Å²) in [5, 5.41) is 7.05. The van der Waals surface area contributed by atoms with E-state index < -0.39 is 21.8 Å². The molecule has 2 aromatic carbocycles. The van der Waals surface area contributed by atoms with Crippen molar-refractivity contribution in [3.63, 3.8) is 0 Å². The van der Waals surface area contributed by atoms with Crippen molar-refractivity contribution in [2.75, 3.05) is 4.72 Å². The fourth-order valence-electron chi connectivity index (χ4n) is 3.00. The number of sulfonamides is 1. The number of halogens is 1. The summed E-state index contributed by atoms with van der Waals surface area (Å²) in [5.74, 6) is -0.868. The Labute approximate surface area is 173 Å². The number of aryl methyl sites for hydroxylation is 1. The lowest BCUT2D eigenvalue weighted by Gasteiger charge is -2.11. The maximum Gasteiger partial charge on any atom is 0.338 e. The molecule has 0 atom stereocenters. The zero-order valence-electron chi connectivity index (χ0n) is 16.2. The first-order valence-electron chi connectivity index (χ1n) is 9.43. The molecule has 1 fully saturated rings. The van der Waals surface area contributed by atoms with Crippen molar-refractivity contribution in [3.8, 4) is 0 Å². The molecule has 156 valence electrons. The number of H-pyrrole nitrogens is 1. The quantitative estimate of drug-likeness (QED) is 0.555. The topological polar surface area (TPSA) is 101 Å². The number of carbonyl (C=O) groups is 1. The van der Waals surface area contributed by atoms with Crippen LogP contribution in [0.25, 0.3) is 0 Å².